The zero-order chi connectivity index (χ0) is 13.3. The first-order chi connectivity index (χ1) is 8.49. The van der Waals surface area contributed by atoms with E-state index in [0.29, 0.717) is 12.3 Å². The average molecular weight is 310 g/mol. The molecule has 0 bridgehead atoms. The summed E-state index contributed by atoms with van der Waals surface area (Å²) in [7, 11) is 0. The number of carboxylic acid groups (broad SMARTS) is 1. The minimum absolute atomic E-state index is 0.343. The van der Waals surface area contributed by atoms with Crippen LogP contribution in [-0.2, 0) is 4.79 Å². The van der Waals surface area contributed by atoms with Crippen LogP contribution < -0.4 is 0 Å². The molecule has 96 valence electrons. The summed E-state index contributed by atoms with van der Waals surface area (Å²) in [5, 5.41) is 10.5. The standard InChI is InChI=1S/C14H16BrNO2/c1-9(2)7-13(14(17)18)16-6-5-10-3-4-11(15)8-12(10)16/h3-6,8-9,13H,7H2,1-2H3,(H,17,18). The van der Waals surface area contributed by atoms with Gasteiger partial charge in [0.1, 0.15) is 6.04 Å². The van der Waals surface area contributed by atoms with Crippen molar-refractivity contribution in [3.63, 3.8) is 0 Å². The van der Waals surface area contributed by atoms with Crippen LogP contribution in [0.2, 0.25) is 0 Å². The second-order valence-corrected chi connectivity index (χ2v) is 5.83. The van der Waals surface area contributed by atoms with E-state index in [9.17, 15) is 9.90 Å². The lowest BCUT2D eigenvalue weighted by Crippen LogP contribution is -2.20. The molecule has 4 heteroatoms. The van der Waals surface area contributed by atoms with E-state index in [0.717, 1.165) is 15.4 Å². The van der Waals surface area contributed by atoms with Gasteiger partial charge in [0.15, 0.2) is 0 Å². The van der Waals surface area contributed by atoms with Gasteiger partial charge in [-0.25, -0.2) is 4.79 Å². The molecule has 0 spiro atoms. The first kappa shape index (κ1) is 13.1. The summed E-state index contributed by atoms with van der Waals surface area (Å²) in [6.07, 6.45) is 2.49. The molecule has 1 N–H and O–H groups in total. The van der Waals surface area contributed by atoms with Crippen LogP contribution >= 0.6 is 15.9 Å². The fourth-order valence-electron chi connectivity index (χ4n) is 2.17. The van der Waals surface area contributed by atoms with Gasteiger partial charge in [-0.3, -0.25) is 0 Å². The number of halogens is 1. The molecule has 0 fully saturated rings. The minimum Gasteiger partial charge on any atom is -0.480 e. The molecule has 2 aromatic rings. The summed E-state index contributed by atoms with van der Waals surface area (Å²) in [6, 6.07) is 7.37. The predicted molar refractivity (Wildman–Crippen MR) is 75.8 cm³/mol. The Bertz CT molecular complexity index is 574. The lowest BCUT2D eigenvalue weighted by atomic mass is 10.0. The van der Waals surface area contributed by atoms with Gasteiger partial charge in [-0.15, -0.1) is 0 Å². The largest absolute Gasteiger partial charge is 0.480 e. The zero-order valence-electron chi connectivity index (χ0n) is 10.4. The van der Waals surface area contributed by atoms with Gasteiger partial charge >= 0.3 is 5.97 Å². The summed E-state index contributed by atoms with van der Waals surface area (Å²) >= 11 is 3.43. The number of rotatable bonds is 4. The van der Waals surface area contributed by atoms with Crippen LogP contribution in [0.5, 0.6) is 0 Å². The molecule has 0 radical (unpaired) electrons. The van der Waals surface area contributed by atoms with E-state index in [1.54, 1.807) is 0 Å². The molecule has 0 aliphatic rings. The van der Waals surface area contributed by atoms with Crippen LogP contribution in [-0.4, -0.2) is 15.6 Å². The highest BCUT2D eigenvalue weighted by molar-refractivity contribution is 9.10. The lowest BCUT2D eigenvalue weighted by molar-refractivity contribution is -0.141. The van der Waals surface area contributed by atoms with E-state index >= 15 is 0 Å². The lowest BCUT2D eigenvalue weighted by Gasteiger charge is -2.18. The van der Waals surface area contributed by atoms with Crippen LogP contribution in [0.15, 0.2) is 34.9 Å². The van der Waals surface area contributed by atoms with Crippen LogP contribution in [0.25, 0.3) is 10.9 Å². The van der Waals surface area contributed by atoms with Crippen molar-refractivity contribution in [2.24, 2.45) is 5.92 Å². The second kappa shape index (κ2) is 5.14. The van der Waals surface area contributed by atoms with Crippen molar-refractivity contribution < 1.29 is 9.90 Å². The van der Waals surface area contributed by atoms with Crippen LogP contribution in [0.4, 0.5) is 0 Å². The summed E-state index contributed by atoms with van der Waals surface area (Å²) in [6.45, 7) is 4.08. The Kier molecular flexibility index (Phi) is 3.76. The molecule has 1 unspecified atom stereocenters. The first-order valence-electron chi connectivity index (χ1n) is 5.98. The predicted octanol–water partition coefficient (Wildman–Crippen LogP) is 4.08. The van der Waals surface area contributed by atoms with Crippen molar-refractivity contribution in [1.82, 2.24) is 4.57 Å². The molecule has 0 amide bonds. The molecule has 0 aliphatic heterocycles. The number of fused-ring (bicyclic) bond motifs is 1. The summed E-state index contributed by atoms with van der Waals surface area (Å²) < 4.78 is 2.81. The monoisotopic (exact) mass is 309 g/mol. The zero-order valence-corrected chi connectivity index (χ0v) is 12.0. The Labute approximate surface area is 115 Å². The molecule has 0 saturated heterocycles. The maximum atomic E-state index is 11.4. The number of benzene rings is 1. The Morgan fingerprint density at radius 2 is 2.11 bits per heavy atom. The van der Waals surface area contributed by atoms with E-state index < -0.39 is 12.0 Å². The topological polar surface area (TPSA) is 42.2 Å². The van der Waals surface area contributed by atoms with Gasteiger partial charge < -0.3 is 9.67 Å². The van der Waals surface area contributed by atoms with Gasteiger partial charge in [0.25, 0.3) is 0 Å². The third kappa shape index (κ3) is 2.58. The molecular weight excluding hydrogens is 294 g/mol. The van der Waals surface area contributed by atoms with Gasteiger partial charge in [0, 0.05) is 16.2 Å². The number of carboxylic acids is 1. The van der Waals surface area contributed by atoms with E-state index in [1.807, 2.05) is 48.9 Å². The molecule has 1 aromatic heterocycles. The quantitative estimate of drug-likeness (QED) is 0.924. The van der Waals surface area contributed by atoms with Crippen LogP contribution in [0, 0.1) is 5.92 Å². The molecule has 2 rings (SSSR count). The highest BCUT2D eigenvalue weighted by atomic mass is 79.9. The molecule has 1 aromatic carbocycles. The fourth-order valence-corrected chi connectivity index (χ4v) is 2.52. The van der Waals surface area contributed by atoms with E-state index in [2.05, 4.69) is 15.9 Å². The summed E-state index contributed by atoms with van der Waals surface area (Å²) in [5.74, 6) is -0.433. The molecule has 1 atom stereocenters. The Morgan fingerprint density at radius 3 is 2.72 bits per heavy atom. The number of carbonyl (C=O) groups is 1. The van der Waals surface area contributed by atoms with Crippen molar-refractivity contribution >= 4 is 32.8 Å². The van der Waals surface area contributed by atoms with Gasteiger partial charge in [0.2, 0.25) is 0 Å². The van der Waals surface area contributed by atoms with Crippen LogP contribution in [0.3, 0.4) is 0 Å². The number of hydrogen-bond acceptors (Lipinski definition) is 1. The third-order valence-electron chi connectivity index (χ3n) is 3.00. The minimum atomic E-state index is -0.777. The van der Waals surface area contributed by atoms with Gasteiger partial charge in [-0.2, -0.15) is 0 Å². The summed E-state index contributed by atoms with van der Waals surface area (Å²) in [4.78, 5) is 11.4. The van der Waals surface area contributed by atoms with Gasteiger partial charge in [-0.1, -0.05) is 35.8 Å². The normalized spacial score (nSPS) is 13.1. The van der Waals surface area contributed by atoms with E-state index in [-0.39, 0.29) is 0 Å². The van der Waals surface area contributed by atoms with Crippen molar-refractivity contribution in [3.8, 4) is 0 Å². The van der Waals surface area contributed by atoms with Crippen molar-refractivity contribution in [2.45, 2.75) is 26.3 Å². The Morgan fingerprint density at radius 1 is 1.39 bits per heavy atom. The number of aromatic nitrogens is 1. The van der Waals surface area contributed by atoms with Gasteiger partial charge in [0.05, 0.1) is 0 Å². The molecule has 1 heterocycles. The molecular formula is C14H16BrNO2. The highest BCUT2D eigenvalue weighted by Crippen LogP contribution is 2.27. The number of nitrogens with zero attached hydrogens (tertiary/aromatic N) is 1. The maximum Gasteiger partial charge on any atom is 0.326 e. The molecule has 18 heavy (non-hydrogen) atoms. The maximum absolute atomic E-state index is 11.4. The smallest absolute Gasteiger partial charge is 0.326 e. The Hall–Kier alpha value is -1.29. The molecule has 0 aliphatic carbocycles. The average Bonchev–Trinajstić information content (AvgIpc) is 2.68. The van der Waals surface area contributed by atoms with Crippen molar-refractivity contribution in [2.75, 3.05) is 0 Å². The van der Waals surface area contributed by atoms with E-state index in [4.69, 9.17) is 0 Å². The third-order valence-corrected chi connectivity index (χ3v) is 3.49. The second-order valence-electron chi connectivity index (χ2n) is 4.91. The van der Waals surface area contributed by atoms with E-state index in [1.165, 1.54) is 0 Å². The van der Waals surface area contributed by atoms with Gasteiger partial charge in [-0.05, 0) is 35.9 Å². The number of aliphatic carboxylic acids is 1. The highest BCUT2D eigenvalue weighted by Gasteiger charge is 2.21. The fraction of sp³-hybridized carbons (Fsp3) is 0.357. The van der Waals surface area contributed by atoms with Crippen LogP contribution in [0.1, 0.15) is 26.3 Å². The SMILES string of the molecule is CC(C)CC(C(=O)O)n1ccc2ccc(Br)cc21. The Balaban J connectivity index is 2.50. The summed E-state index contributed by atoms with van der Waals surface area (Å²) in [5.41, 5.74) is 0.956. The molecule has 3 nitrogen and oxygen atoms in total. The first-order valence-corrected chi connectivity index (χ1v) is 6.77. The van der Waals surface area contributed by atoms with Crippen molar-refractivity contribution in [1.29, 1.82) is 0 Å². The molecule has 0 saturated carbocycles. The van der Waals surface area contributed by atoms with Crippen molar-refractivity contribution in [3.05, 3.63) is 34.9 Å². The number of hydrogen-bond donors (Lipinski definition) is 1.